The van der Waals surface area contributed by atoms with Crippen LogP contribution < -0.4 is 5.32 Å². The Balaban J connectivity index is 1.85. The van der Waals surface area contributed by atoms with Crippen LogP contribution in [0.3, 0.4) is 0 Å². The smallest absolute Gasteiger partial charge is 0.315 e. The highest BCUT2D eigenvalue weighted by atomic mass is 35.5. The molecule has 1 aromatic rings. The quantitative estimate of drug-likeness (QED) is 0.686. The number of anilines is 1. The summed E-state index contributed by atoms with van der Waals surface area (Å²) in [7, 11) is 0. The van der Waals surface area contributed by atoms with Crippen LogP contribution in [0.15, 0.2) is 24.3 Å². The summed E-state index contributed by atoms with van der Waals surface area (Å²) >= 11 is 11.7. The van der Waals surface area contributed by atoms with Crippen molar-refractivity contribution in [3.05, 3.63) is 29.8 Å². The van der Waals surface area contributed by atoms with E-state index in [0.29, 0.717) is 12.1 Å². The van der Waals surface area contributed by atoms with Crippen molar-refractivity contribution in [2.45, 2.75) is 24.6 Å². The number of amides is 1. The summed E-state index contributed by atoms with van der Waals surface area (Å²) in [6.07, 6.45) is 0.335. The first-order valence-corrected chi connectivity index (χ1v) is 6.92. The molecule has 4 nitrogen and oxygen atoms in total. The number of hydrogen-bond donors (Lipinski definition) is 1. The summed E-state index contributed by atoms with van der Waals surface area (Å²) in [6.45, 7) is 3.14. The number of rotatable bonds is 4. The van der Waals surface area contributed by atoms with Gasteiger partial charge in [0, 0.05) is 12.1 Å². The molecule has 0 unspecified atom stereocenters. The molecule has 0 radical (unpaired) electrons. The second kappa shape index (κ2) is 5.26. The summed E-state index contributed by atoms with van der Waals surface area (Å²) in [6, 6.07) is 7.34. The Bertz CT molecular complexity index is 559. The molecule has 6 heteroatoms. The number of benzene rings is 1. The highest BCUT2D eigenvalue weighted by Gasteiger charge is 2.69. The van der Waals surface area contributed by atoms with Crippen LogP contribution in [-0.4, -0.2) is 22.8 Å². The summed E-state index contributed by atoms with van der Waals surface area (Å²) in [4.78, 5) is 23.5. The number of halogens is 2. The monoisotopic (exact) mass is 315 g/mol. The van der Waals surface area contributed by atoms with Crippen LogP contribution in [-0.2, 0) is 14.3 Å². The number of ether oxygens (including phenoxy) is 1. The number of nitrogens with one attached hydrogen (secondary N) is 1. The second-order valence-corrected chi connectivity index (χ2v) is 6.64. The van der Waals surface area contributed by atoms with Gasteiger partial charge in [0.2, 0.25) is 0 Å². The third-order valence-corrected chi connectivity index (χ3v) is 4.56. The summed E-state index contributed by atoms with van der Waals surface area (Å²) in [5.74, 6) is -0.950. The van der Waals surface area contributed by atoms with Crippen LogP contribution in [0.1, 0.15) is 18.9 Å². The standard InChI is InChI=1S/C14H15Cl2NO3/c1-9-5-3-4-6-10(9)17-11(18)7-20-12(19)13(2)8-14(13,15)16/h3-6H,7-8H2,1-2H3,(H,17,18)/t13-/m0/s1. The number of hydrogen-bond acceptors (Lipinski definition) is 3. The number of aryl methyl sites for hydroxylation is 1. The van der Waals surface area contributed by atoms with Crippen LogP contribution in [0.4, 0.5) is 5.69 Å². The van der Waals surface area contributed by atoms with Crippen LogP contribution in [0, 0.1) is 12.3 Å². The Hall–Kier alpha value is -1.26. The molecule has 0 saturated heterocycles. The van der Waals surface area contributed by atoms with Gasteiger partial charge in [-0.3, -0.25) is 9.59 Å². The van der Waals surface area contributed by atoms with E-state index < -0.39 is 21.6 Å². The van der Waals surface area contributed by atoms with E-state index in [4.69, 9.17) is 27.9 Å². The van der Waals surface area contributed by atoms with Crippen LogP contribution >= 0.6 is 23.2 Å². The van der Waals surface area contributed by atoms with E-state index in [9.17, 15) is 9.59 Å². The van der Waals surface area contributed by atoms with Gasteiger partial charge in [-0.25, -0.2) is 0 Å². The lowest BCUT2D eigenvalue weighted by Gasteiger charge is -2.12. The minimum atomic E-state index is -1.09. The maximum absolute atomic E-state index is 11.8. The molecular formula is C14H15Cl2NO3. The van der Waals surface area contributed by atoms with Gasteiger partial charge in [0.1, 0.15) is 9.75 Å². The lowest BCUT2D eigenvalue weighted by Crippen LogP contribution is -2.27. The van der Waals surface area contributed by atoms with Gasteiger partial charge >= 0.3 is 5.97 Å². The maximum atomic E-state index is 11.8. The van der Waals surface area contributed by atoms with Crippen LogP contribution in [0.25, 0.3) is 0 Å². The topological polar surface area (TPSA) is 55.4 Å². The Morgan fingerprint density at radius 2 is 1.95 bits per heavy atom. The number of carbonyl (C=O) groups excluding carboxylic acids is 2. The minimum absolute atomic E-state index is 0.335. The fourth-order valence-electron chi connectivity index (χ4n) is 1.81. The zero-order valence-corrected chi connectivity index (χ0v) is 12.7. The Labute approximate surface area is 127 Å². The number of esters is 1. The molecule has 1 amide bonds. The largest absolute Gasteiger partial charge is 0.455 e. The summed E-state index contributed by atoms with van der Waals surface area (Å²) < 4.78 is 3.87. The number of alkyl halides is 2. The highest BCUT2D eigenvalue weighted by molar-refractivity contribution is 6.53. The van der Waals surface area contributed by atoms with E-state index in [-0.39, 0.29) is 6.61 Å². The normalized spacial score (nSPS) is 23.0. The van der Waals surface area contributed by atoms with Crippen molar-refractivity contribution in [1.82, 2.24) is 0 Å². The van der Waals surface area contributed by atoms with Gasteiger partial charge in [-0.05, 0) is 25.5 Å². The van der Waals surface area contributed by atoms with Gasteiger partial charge in [-0.1, -0.05) is 18.2 Å². The first-order chi connectivity index (χ1) is 9.26. The van der Waals surface area contributed by atoms with E-state index in [0.717, 1.165) is 5.56 Å². The zero-order valence-electron chi connectivity index (χ0n) is 11.2. The summed E-state index contributed by atoms with van der Waals surface area (Å²) in [5.41, 5.74) is 0.705. The van der Waals surface area contributed by atoms with Crippen molar-refractivity contribution in [2.75, 3.05) is 11.9 Å². The van der Waals surface area contributed by atoms with Gasteiger partial charge < -0.3 is 10.1 Å². The summed E-state index contributed by atoms with van der Waals surface area (Å²) in [5, 5.41) is 2.68. The Morgan fingerprint density at radius 3 is 2.50 bits per heavy atom. The molecule has 1 aliphatic rings. The average molecular weight is 316 g/mol. The molecule has 2 rings (SSSR count). The molecule has 108 valence electrons. The lowest BCUT2D eigenvalue weighted by molar-refractivity contribution is -0.152. The van der Waals surface area contributed by atoms with Crippen molar-refractivity contribution in [2.24, 2.45) is 5.41 Å². The first-order valence-electron chi connectivity index (χ1n) is 6.17. The van der Waals surface area contributed by atoms with Crippen molar-refractivity contribution < 1.29 is 14.3 Å². The zero-order chi connectivity index (χ0) is 15.0. The number of carbonyl (C=O) groups is 2. The third kappa shape index (κ3) is 2.91. The van der Waals surface area contributed by atoms with Gasteiger partial charge in [0.25, 0.3) is 5.91 Å². The van der Waals surface area contributed by atoms with E-state index in [1.165, 1.54) is 0 Å². The molecule has 0 spiro atoms. The van der Waals surface area contributed by atoms with E-state index >= 15 is 0 Å². The Morgan fingerprint density at radius 1 is 1.35 bits per heavy atom. The van der Waals surface area contributed by atoms with Crippen molar-refractivity contribution in [3.63, 3.8) is 0 Å². The van der Waals surface area contributed by atoms with Crippen LogP contribution in [0.2, 0.25) is 0 Å². The molecule has 0 aromatic heterocycles. The maximum Gasteiger partial charge on any atom is 0.315 e. The molecule has 1 atom stereocenters. The van der Waals surface area contributed by atoms with Gasteiger partial charge in [0.15, 0.2) is 6.61 Å². The van der Waals surface area contributed by atoms with E-state index in [1.807, 2.05) is 25.1 Å². The molecule has 1 N–H and O–H groups in total. The third-order valence-electron chi connectivity index (χ3n) is 3.46. The predicted molar refractivity (Wildman–Crippen MR) is 77.9 cm³/mol. The minimum Gasteiger partial charge on any atom is -0.455 e. The Kier molecular flexibility index (Phi) is 3.98. The second-order valence-electron chi connectivity index (χ2n) is 5.15. The fraction of sp³-hybridized carbons (Fsp3) is 0.429. The molecule has 0 aliphatic heterocycles. The van der Waals surface area contributed by atoms with E-state index in [2.05, 4.69) is 5.32 Å². The lowest BCUT2D eigenvalue weighted by atomic mass is 10.1. The van der Waals surface area contributed by atoms with E-state index in [1.54, 1.807) is 13.0 Å². The molecule has 1 aromatic carbocycles. The molecule has 0 heterocycles. The molecule has 1 aliphatic carbocycles. The fourth-order valence-corrected chi connectivity index (χ4v) is 2.50. The first kappa shape index (κ1) is 15.1. The van der Waals surface area contributed by atoms with Gasteiger partial charge in [-0.2, -0.15) is 0 Å². The van der Waals surface area contributed by atoms with Crippen LogP contribution in [0.5, 0.6) is 0 Å². The van der Waals surface area contributed by atoms with Gasteiger partial charge in [0.05, 0.1) is 0 Å². The SMILES string of the molecule is Cc1ccccc1NC(=O)COC(=O)[C@]1(C)CC1(Cl)Cl. The van der Waals surface area contributed by atoms with Crippen molar-refractivity contribution >= 4 is 40.8 Å². The van der Waals surface area contributed by atoms with Gasteiger partial charge in [-0.15, -0.1) is 23.2 Å². The average Bonchev–Trinajstić information content (AvgIpc) is 2.90. The van der Waals surface area contributed by atoms with Crippen molar-refractivity contribution in [1.29, 1.82) is 0 Å². The van der Waals surface area contributed by atoms with Crippen molar-refractivity contribution in [3.8, 4) is 0 Å². The number of para-hydroxylation sites is 1. The molecule has 20 heavy (non-hydrogen) atoms. The molecule has 0 bridgehead atoms. The predicted octanol–water partition coefficient (Wildman–Crippen LogP) is 3.06. The highest BCUT2D eigenvalue weighted by Crippen LogP contribution is 2.64. The molecule has 1 saturated carbocycles. The molecular weight excluding hydrogens is 301 g/mol. The molecule has 1 fully saturated rings.